The van der Waals surface area contributed by atoms with Gasteiger partial charge in [0.2, 0.25) is 0 Å². The summed E-state index contributed by atoms with van der Waals surface area (Å²) >= 11 is 6.28. The molecule has 2 aliphatic heterocycles. The van der Waals surface area contributed by atoms with E-state index >= 15 is 0 Å². The molecule has 0 atom stereocenters. The van der Waals surface area contributed by atoms with Crippen molar-refractivity contribution < 1.29 is 14.6 Å². The number of halogens is 1. The van der Waals surface area contributed by atoms with Gasteiger partial charge in [0.1, 0.15) is 11.2 Å². The first-order valence-electron chi connectivity index (χ1n) is 7.23. The monoisotopic (exact) mass is 314 g/mol. The zero-order chi connectivity index (χ0) is 15.7. The van der Waals surface area contributed by atoms with Crippen molar-refractivity contribution in [2.24, 2.45) is 0 Å². The Morgan fingerprint density at radius 2 is 2.05 bits per heavy atom. The van der Waals surface area contributed by atoms with Crippen LogP contribution in [0.15, 0.2) is 22.9 Å². The van der Waals surface area contributed by atoms with Crippen LogP contribution < -0.4 is 5.32 Å². The highest BCUT2D eigenvalue weighted by atomic mass is 35.5. The number of nitrogens with zero attached hydrogens (tertiary/aromatic N) is 1. The van der Waals surface area contributed by atoms with Crippen LogP contribution in [0.5, 0.6) is 0 Å². The smallest absolute Gasteiger partial charge is 0.414 e. The number of carbonyl (C=O) groups excluding carboxylic acids is 1. The zero-order valence-corrected chi connectivity index (χ0v) is 13.5. The number of rotatable bonds is 1. The molecule has 1 amide bonds. The largest absolute Gasteiger partial charge is 0.443 e. The van der Waals surface area contributed by atoms with Crippen molar-refractivity contribution in [1.82, 2.24) is 10.2 Å². The van der Waals surface area contributed by atoms with Crippen molar-refractivity contribution in [2.45, 2.75) is 44.8 Å². The molecule has 0 aromatic heterocycles. The molecule has 0 saturated carbocycles. The molecule has 1 fully saturated rings. The molecule has 0 aromatic rings. The number of amides is 1. The Bertz CT molecular complexity index is 474. The Hall–Kier alpha value is -1.04. The SMILES string of the molecule is CC(C)(C)OC(=O)N1CC=CC(Cl)=C1C1(O)CCNCC1. The maximum Gasteiger partial charge on any atom is 0.414 e. The van der Waals surface area contributed by atoms with Gasteiger partial charge in [-0.3, -0.25) is 4.90 Å². The number of piperidine rings is 1. The van der Waals surface area contributed by atoms with Gasteiger partial charge in [0.25, 0.3) is 0 Å². The third kappa shape index (κ3) is 3.78. The fourth-order valence-corrected chi connectivity index (χ4v) is 2.96. The number of carbonyl (C=O) groups is 1. The van der Waals surface area contributed by atoms with Crippen LogP contribution >= 0.6 is 11.6 Å². The van der Waals surface area contributed by atoms with Crippen LogP contribution in [0.1, 0.15) is 33.6 Å². The molecule has 2 heterocycles. The predicted molar refractivity (Wildman–Crippen MR) is 82.0 cm³/mol. The highest BCUT2D eigenvalue weighted by Crippen LogP contribution is 2.36. The van der Waals surface area contributed by atoms with Crippen LogP contribution in [0.4, 0.5) is 4.79 Å². The molecular formula is C15H23ClN2O3. The lowest BCUT2D eigenvalue weighted by atomic mass is 9.87. The summed E-state index contributed by atoms with van der Waals surface area (Å²) in [6, 6.07) is 0. The van der Waals surface area contributed by atoms with Crippen molar-refractivity contribution in [3.63, 3.8) is 0 Å². The van der Waals surface area contributed by atoms with Gasteiger partial charge in [-0.15, -0.1) is 0 Å². The number of allylic oxidation sites excluding steroid dienone is 2. The Labute approximate surface area is 130 Å². The Morgan fingerprint density at radius 3 is 2.62 bits per heavy atom. The van der Waals surface area contributed by atoms with Crippen LogP contribution in [-0.4, -0.2) is 46.9 Å². The molecule has 0 radical (unpaired) electrons. The average Bonchev–Trinajstić information content (AvgIpc) is 2.37. The highest BCUT2D eigenvalue weighted by molar-refractivity contribution is 6.31. The van der Waals surface area contributed by atoms with E-state index in [1.165, 1.54) is 4.90 Å². The molecule has 118 valence electrons. The van der Waals surface area contributed by atoms with E-state index in [-0.39, 0.29) is 0 Å². The molecule has 2 aliphatic rings. The van der Waals surface area contributed by atoms with Crippen LogP contribution in [0, 0.1) is 0 Å². The second kappa shape index (κ2) is 5.99. The van der Waals surface area contributed by atoms with Crippen LogP contribution in [0.2, 0.25) is 0 Å². The molecule has 6 heteroatoms. The Morgan fingerprint density at radius 1 is 1.43 bits per heavy atom. The lowest BCUT2D eigenvalue weighted by molar-refractivity contribution is -0.00158. The van der Waals surface area contributed by atoms with Crippen molar-refractivity contribution in [3.8, 4) is 0 Å². The highest BCUT2D eigenvalue weighted by Gasteiger charge is 2.41. The van der Waals surface area contributed by atoms with E-state index in [4.69, 9.17) is 16.3 Å². The molecule has 2 N–H and O–H groups in total. The second-order valence-corrected chi connectivity index (χ2v) is 6.88. The molecule has 0 aliphatic carbocycles. The van der Waals surface area contributed by atoms with Crippen LogP contribution in [0.3, 0.4) is 0 Å². The third-order valence-electron chi connectivity index (χ3n) is 3.53. The number of aliphatic hydroxyl groups is 1. The first kappa shape index (κ1) is 16.3. The summed E-state index contributed by atoms with van der Waals surface area (Å²) in [6.07, 6.45) is 4.09. The van der Waals surface area contributed by atoms with E-state index in [1.807, 2.05) is 20.8 Å². The van der Waals surface area contributed by atoms with Crippen molar-refractivity contribution in [2.75, 3.05) is 19.6 Å². The topological polar surface area (TPSA) is 61.8 Å². The van der Waals surface area contributed by atoms with Crippen LogP contribution in [0.25, 0.3) is 0 Å². The number of nitrogens with one attached hydrogen (secondary N) is 1. The van der Waals surface area contributed by atoms with Gasteiger partial charge in [-0.25, -0.2) is 4.79 Å². The zero-order valence-electron chi connectivity index (χ0n) is 12.8. The van der Waals surface area contributed by atoms with Gasteiger partial charge in [-0.2, -0.15) is 0 Å². The minimum Gasteiger partial charge on any atom is -0.443 e. The molecule has 0 bridgehead atoms. The van der Waals surface area contributed by atoms with Crippen molar-refractivity contribution >= 4 is 17.7 Å². The van der Waals surface area contributed by atoms with Gasteiger partial charge in [-0.05, 0) is 52.8 Å². The molecule has 5 nitrogen and oxygen atoms in total. The minimum absolute atomic E-state index is 0.357. The first-order chi connectivity index (χ1) is 9.73. The molecular weight excluding hydrogens is 292 g/mol. The lowest BCUT2D eigenvalue weighted by Crippen LogP contribution is -2.51. The van der Waals surface area contributed by atoms with Gasteiger partial charge < -0.3 is 15.2 Å². The van der Waals surface area contributed by atoms with Gasteiger partial charge in [-0.1, -0.05) is 17.7 Å². The average molecular weight is 315 g/mol. The maximum atomic E-state index is 12.4. The minimum atomic E-state index is -1.09. The van der Waals surface area contributed by atoms with Crippen molar-refractivity contribution in [3.05, 3.63) is 22.9 Å². The summed E-state index contributed by atoms with van der Waals surface area (Å²) in [5.41, 5.74) is -1.22. The molecule has 1 saturated heterocycles. The molecule has 21 heavy (non-hydrogen) atoms. The number of ether oxygens (including phenoxy) is 1. The molecule has 0 aromatic carbocycles. The summed E-state index contributed by atoms with van der Waals surface area (Å²) in [4.78, 5) is 13.8. The molecule has 2 rings (SSSR count). The Kier molecular flexibility index (Phi) is 4.66. The summed E-state index contributed by atoms with van der Waals surface area (Å²) in [5.74, 6) is 0. The van der Waals surface area contributed by atoms with E-state index in [2.05, 4.69) is 5.32 Å². The van der Waals surface area contributed by atoms with E-state index in [1.54, 1.807) is 12.2 Å². The fraction of sp³-hybridized carbons (Fsp3) is 0.667. The summed E-state index contributed by atoms with van der Waals surface area (Å²) in [6.45, 7) is 7.18. The number of hydrogen-bond donors (Lipinski definition) is 2. The fourth-order valence-electron chi connectivity index (χ4n) is 2.59. The first-order valence-corrected chi connectivity index (χ1v) is 7.61. The molecule has 0 spiro atoms. The predicted octanol–water partition coefficient (Wildman–Crippen LogP) is 2.36. The Balaban J connectivity index is 2.29. The summed E-state index contributed by atoms with van der Waals surface area (Å²) in [5, 5.41) is 14.5. The standard InChI is InChI=1S/C15H23ClN2O3/c1-14(2,3)21-13(19)18-10-4-5-11(16)12(18)15(20)6-8-17-9-7-15/h4-5,17,20H,6-10H2,1-3H3. The van der Waals surface area contributed by atoms with Crippen LogP contribution in [-0.2, 0) is 4.74 Å². The summed E-state index contributed by atoms with van der Waals surface area (Å²) < 4.78 is 5.43. The van der Waals surface area contributed by atoms with E-state index in [0.29, 0.717) is 43.2 Å². The second-order valence-electron chi connectivity index (χ2n) is 6.47. The maximum absolute atomic E-state index is 12.4. The van der Waals surface area contributed by atoms with Gasteiger partial charge >= 0.3 is 6.09 Å². The number of hydrogen-bond acceptors (Lipinski definition) is 4. The summed E-state index contributed by atoms with van der Waals surface area (Å²) in [7, 11) is 0. The van der Waals surface area contributed by atoms with Gasteiger partial charge in [0, 0.05) is 6.54 Å². The van der Waals surface area contributed by atoms with Gasteiger partial charge in [0.15, 0.2) is 0 Å². The quantitative estimate of drug-likeness (QED) is 0.780. The molecule has 0 unspecified atom stereocenters. The third-order valence-corrected chi connectivity index (χ3v) is 3.84. The van der Waals surface area contributed by atoms with E-state index in [0.717, 1.165) is 0 Å². The van der Waals surface area contributed by atoms with Crippen molar-refractivity contribution in [1.29, 1.82) is 0 Å². The van der Waals surface area contributed by atoms with E-state index < -0.39 is 17.3 Å². The van der Waals surface area contributed by atoms with Gasteiger partial charge in [0.05, 0.1) is 10.7 Å². The normalized spacial score (nSPS) is 22.4. The lowest BCUT2D eigenvalue weighted by Gasteiger charge is -2.41. The van der Waals surface area contributed by atoms with E-state index in [9.17, 15) is 9.90 Å².